The van der Waals surface area contributed by atoms with Crippen LogP contribution in [0.25, 0.3) is 10.8 Å². The molecule has 3 heteroatoms. The molecule has 1 N–H and O–H groups in total. The molecule has 0 aliphatic heterocycles. The Kier molecular flexibility index (Phi) is 4.53. The second-order valence-corrected chi connectivity index (χ2v) is 4.56. The normalized spacial score (nSPS) is 11.1. The highest BCUT2D eigenvalue weighted by Gasteiger charge is 2.00. The first-order valence-electron chi connectivity index (χ1n) is 6.57. The van der Waals surface area contributed by atoms with E-state index >= 15 is 0 Å². The summed E-state index contributed by atoms with van der Waals surface area (Å²) >= 11 is 0. The van der Waals surface area contributed by atoms with Crippen LogP contribution in [0.4, 0.5) is 5.82 Å². The van der Waals surface area contributed by atoms with Gasteiger partial charge in [-0.3, -0.25) is 0 Å². The van der Waals surface area contributed by atoms with Crippen LogP contribution < -0.4 is 5.32 Å². The molecule has 3 nitrogen and oxygen atoms in total. The lowest BCUT2D eigenvalue weighted by Crippen LogP contribution is -2.21. The number of pyridine rings is 1. The Morgan fingerprint density at radius 2 is 2.06 bits per heavy atom. The van der Waals surface area contributed by atoms with Gasteiger partial charge in [-0.05, 0) is 38.0 Å². The number of nitrogens with one attached hydrogen (secondary N) is 1. The minimum absolute atomic E-state index is 0.964. The van der Waals surface area contributed by atoms with Gasteiger partial charge in [-0.15, -0.1) is 0 Å². The molecule has 0 spiro atoms. The molecule has 0 radical (unpaired) electrons. The minimum Gasteiger partial charge on any atom is -0.370 e. The van der Waals surface area contributed by atoms with E-state index in [-0.39, 0.29) is 0 Å². The molecule has 0 saturated carbocycles. The third-order valence-corrected chi connectivity index (χ3v) is 3.22. The molecule has 1 aromatic heterocycles. The van der Waals surface area contributed by atoms with Gasteiger partial charge < -0.3 is 10.2 Å². The molecule has 2 aromatic rings. The number of fused-ring (bicyclic) bond motifs is 1. The Morgan fingerprint density at radius 1 is 1.22 bits per heavy atom. The minimum atomic E-state index is 0.964. The summed E-state index contributed by atoms with van der Waals surface area (Å²) in [5.74, 6) is 0.993. The smallest absolute Gasteiger partial charge is 0.133 e. The summed E-state index contributed by atoms with van der Waals surface area (Å²) in [4.78, 5) is 6.74. The van der Waals surface area contributed by atoms with Crippen LogP contribution >= 0.6 is 0 Å². The van der Waals surface area contributed by atoms with Crippen LogP contribution in [0.1, 0.15) is 13.3 Å². The van der Waals surface area contributed by atoms with Gasteiger partial charge in [-0.25, -0.2) is 4.98 Å². The van der Waals surface area contributed by atoms with Gasteiger partial charge in [0.1, 0.15) is 5.82 Å². The van der Waals surface area contributed by atoms with Crippen molar-refractivity contribution in [1.82, 2.24) is 9.88 Å². The molecule has 96 valence electrons. The number of aromatic nitrogens is 1. The van der Waals surface area contributed by atoms with Gasteiger partial charge >= 0.3 is 0 Å². The summed E-state index contributed by atoms with van der Waals surface area (Å²) in [6.45, 7) is 5.37. The van der Waals surface area contributed by atoms with Crippen LogP contribution in [0.15, 0.2) is 36.5 Å². The second kappa shape index (κ2) is 6.36. The van der Waals surface area contributed by atoms with E-state index in [4.69, 9.17) is 0 Å². The van der Waals surface area contributed by atoms with Gasteiger partial charge in [-0.1, -0.05) is 31.2 Å². The lowest BCUT2D eigenvalue weighted by Gasteiger charge is -2.14. The first-order chi connectivity index (χ1) is 8.81. The Bertz CT molecular complexity index is 491. The molecule has 0 fully saturated rings. The second-order valence-electron chi connectivity index (χ2n) is 4.56. The first kappa shape index (κ1) is 12.8. The van der Waals surface area contributed by atoms with E-state index in [1.165, 1.54) is 10.8 Å². The number of rotatable bonds is 6. The maximum Gasteiger partial charge on any atom is 0.133 e. The zero-order valence-electron chi connectivity index (χ0n) is 11.2. The number of anilines is 1. The molecule has 0 amide bonds. The van der Waals surface area contributed by atoms with Gasteiger partial charge in [0.15, 0.2) is 0 Å². The predicted molar refractivity (Wildman–Crippen MR) is 78.0 cm³/mol. The van der Waals surface area contributed by atoms with Crippen molar-refractivity contribution in [1.29, 1.82) is 0 Å². The number of hydrogen-bond donors (Lipinski definition) is 1. The van der Waals surface area contributed by atoms with Crippen molar-refractivity contribution in [3.05, 3.63) is 36.5 Å². The van der Waals surface area contributed by atoms with Crippen molar-refractivity contribution in [3.8, 4) is 0 Å². The van der Waals surface area contributed by atoms with E-state index in [1.807, 2.05) is 12.3 Å². The highest BCUT2D eigenvalue weighted by atomic mass is 15.1. The Hall–Kier alpha value is -1.61. The summed E-state index contributed by atoms with van der Waals surface area (Å²) in [6, 6.07) is 10.4. The van der Waals surface area contributed by atoms with E-state index in [1.54, 1.807) is 0 Å². The molecule has 0 atom stereocenters. The first-order valence-corrected chi connectivity index (χ1v) is 6.57. The molecular formula is C15H21N3. The van der Waals surface area contributed by atoms with Crippen molar-refractivity contribution in [2.75, 3.05) is 32.0 Å². The van der Waals surface area contributed by atoms with Crippen LogP contribution in [0.5, 0.6) is 0 Å². The SMILES string of the molecule is CCN(C)CCCNc1nccc2ccccc12. The molecule has 0 saturated heterocycles. The van der Waals surface area contributed by atoms with Gasteiger partial charge in [-0.2, -0.15) is 0 Å². The largest absolute Gasteiger partial charge is 0.370 e. The van der Waals surface area contributed by atoms with Crippen LogP contribution in [-0.2, 0) is 0 Å². The fourth-order valence-electron chi connectivity index (χ4n) is 1.97. The Balaban J connectivity index is 1.95. The zero-order chi connectivity index (χ0) is 12.8. The molecule has 0 aliphatic rings. The maximum atomic E-state index is 4.42. The standard InChI is InChI=1S/C15H21N3/c1-3-18(2)12-6-10-16-15-14-8-5-4-7-13(14)9-11-17-15/h4-5,7-9,11H,3,6,10,12H2,1-2H3,(H,16,17). The topological polar surface area (TPSA) is 28.2 Å². The molecule has 0 unspecified atom stereocenters. The van der Waals surface area contributed by atoms with Gasteiger partial charge in [0, 0.05) is 18.1 Å². The van der Waals surface area contributed by atoms with Crippen molar-refractivity contribution >= 4 is 16.6 Å². The summed E-state index contributed by atoms with van der Waals surface area (Å²) in [5, 5.41) is 5.86. The summed E-state index contributed by atoms with van der Waals surface area (Å²) in [5.41, 5.74) is 0. The molecule has 0 aliphatic carbocycles. The van der Waals surface area contributed by atoms with Crippen LogP contribution in [0.2, 0.25) is 0 Å². The fourth-order valence-corrected chi connectivity index (χ4v) is 1.97. The van der Waals surface area contributed by atoms with Crippen LogP contribution in [-0.4, -0.2) is 36.6 Å². The maximum absolute atomic E-state index is 4.42. The molecule has 18 heavy (non-hydrogen) atoms. The average molecular weight is 243 g/mol. The van der Waals surface area contributed by atoms with Crippen molar-refractivity contribution in [2.45, 2.75) is 13.3 Å². The monoisotopic (exact) mass is 243 g/mol. The zero-order valence-corrected chi connectivity index (χ0v) is 11.2. The third-order valence-electron chi connectivity index (χ3n) is 3.22. The number of hydrogen-bond acceptors (Lipinski definition) is 3. The summed E-state index contributed by atoms with van der Waals surface area (Å²) in [7, 11) is 2.15. The van der Waals surface area contributed by atoms with Crippen molar-refractivity contribution in [3.63, 3.8) is 0 Å². The van der Waals surface area contributed by atoms with E-state index < -0.39 is 0 Å². The Labute approximate surface area is 109 Å². The summed E-state index contributed by atoms with van der Waals surface area (Å²) in [6.07, 6.45) is 3.00. The average Bonchev–Trinajstić information content (AvgIpc) is 2.43. The Morgan fingerprint density at radius 3 is 2.89 bits per heavy atom. The summed E-state index contributed by atoms with van der Waals surface area (Å²) < 4.78 is 0. The molecule has 1 heterocycles. The molecular weight excluding hydrogens is 222 g/mol. The van der Waals surface area contributed by atoms with Crippen molar-refractivity contribution < 1.29 is 0 Å². The van der Waals surface area contributed by atoms with E-state index in [2.05, 4.69) is 53.4 Å². The van der Waals surface area contributed by atoms with E-state index in [9.17, 15) is 0 Å². The molecule has 2 rings (SSSR count). The van der Waals surface area contributed by atoms with Gasteiger partial charge in [0.25, 0.3) is 0 Å². The third kappa shape index (κ3) is 3.20. The van der Waals surface area contributed by atoms with Gasteiger partial charge in [0.2, 0.25) is 0 Å². The fraction of sp³-hybridized carbons (Fsp3) is 0.400. The lowest BCUT2D eigenvalue weighted by atomic mass is 10.1. The number of nitrogens with zero attached hydrogens (tertiary/aromatic N) is 2. The van der Waals surface area contributed by atoms with Crippen LogP contribution in [0, 0.1) is 0 Å². The van der Waals surface area contributed by atoms with Crippen LogP contribution in [0.3, 0.4) is 0 Å². The van der Waals surface area contributed by atoms with E-state index in [0.717, 1.165) is 31.9 Å². The number of benzene rings is 1. The van der Waals surface area contributed by atoms with Gasteiger partial charge in [0.05, 0.1) is 0 Å². The predicted octanol–water partition coefficient (Wildman–Crippen LogP) is 2.99. The highest BCUT2D eigenvalue weighted by molar-refractivity contribution is 5.91. The van der Waals surface area contributed by atoms with Crippen molar-refractivity contribution in [2.24, 2.45) is 0 Å². The quantitative estimate of drug-likeness (QED) is 0.791. The molecule has 1 aromatic carbocycles. The lowest BCUT2D eigenvalue weighted by molar-refractivity contribution is 0.351. The van der Waals surface area contributed by atoms with E-state index in [0.29, 0.717) is 0 Å². The highest BCUT2D eigenvalue weighted by Crippen LogP contribution is 2.20. The molecule has 0 bridgehead atoms.